The van der Waals surface area contributed by atoms with E-state index in [-0.39, 0.29) is 24.8 Å². The van der Waals surface area contributed by atoms with E-state index in [1.807, 2.05) is 0 Å². The summed E-state index contributed by atoms with van der Waals surface area (Å²) in [4.78, 5) is 53.5. The van der Waals surface area contributed by atoms with E-state index in [0.717, 1.165) is 0 Å². The molecule has 0 spiro atoms. The summed E-state index contributed by atoms with van der Waals surface area (Å²) in [6, 6.07) is 12.8. The number of aromatic hydroxyl groups is 1. The van der Waals surface area contributed by atoms with Gasteiger partial charge in [0.25, 0.3) is 0 Å². The third kappa shape index (κ3) is 8.22. The van der Waals surface area contributed by atoms with E-state index in [2.05, 4.69) is 15.4 Å². The summed E-state index contributed by atoms with van der Waals surface area (Å²) in [5.41, 5.74) is 0.474. The van der Waals surface area contributed by atoms with Crippen LogP contribution in [0.15, 0.2) is 54.6 Å². The van der Waals surface area contributed by atoms with Crippen LogP contribution in [0.5, 0.6) is 5.75 Å². The first-order chi connectivity index (χ1) is 18.0. The van der Waals surface area contributed by atoms with Crippen molar-refractivity contribution in [2.45, 2.75) is 63.8 Å². The lowest BCUT2D eigenvalue weighted by atomic mass is 10.00. The predicted molar refractivity (Wildman–Crippen MR) is 139 cm³/mol. The molecule has 1 aliphatic rings. The largest absolute Gasteiger partial charge is 0.508 e. The highest BCUT2D eigenvalue weighted by atomic mass is 16.6. The molecule has 0 aromatic heterocycles. The molecule has 1 aliphatic carbocycles. The van der Waals surface area contributed by atoms with E-state index in [1.165, 1.54) is 24.1 Å². The highest BCUT2D eigenvalue weighted by Gasteiger charge is 2.44. The van der Waals surface area contributed by atoms with Crippen LogP contribution in [0.2, 0.25) is 0 Å². The number of hydrogen-bond acceptors (Lipinski definition) is 7. The molecular formula is C28H35N3O7. The molecule has 10 nitrogen and oxygen atoms in total. The van der Waals surface area contributed by atoms with Gasteiger partial charge in [-0.25, -0.2) is 4.79 Å². The molecule has 3 N–H and O–H groups in total. The summed E-state index contributed by atoms with van der Waals surface area (Å²) in [5.74, 6) is -1.55. The van der Waals surface area contributed by atoms with Crippen LogP contribution in [0, 0.1) is 0 Å². The molecule has 2 atom stereocenters. The zero-order valence-electron chi connectivity index (χ0n) is 22.1. The van der Waals surface area contributed by atoms with Gasteiger partial charge in [0.1, 0.15) is 30.0 Å². The summed E-state index contributed by atoms with van der Waals surface area (Å²) in [7, 11) is 1.22. The Labute approximate surface area is 222 Å². The van der Waals surface area contributed by atoms with Crippen molar-refractivity contribution < 1.29 is 33.8 Å². The summed E-state index contributed by atoms with van der Waals surface area (Å²) in [6.07, 6.45) is 0.722. The molecule has 2 aromatic rings. The van der Waals surface area contributed by atoms with Gasteiger partial charge < -0.3 is 30.1 Å². The number of rotatable bonds is 10. The minimum Gasteiger partial charge on any atom is -0.508 e. The van der Waals surface area contributed by atoms with E-state index in [9.17, 15) is 24.3 Å². The van der Waals surface area contributed by atoms with Gasteiger partial charge in [-0.1, -0.05) is 42.5 Å². The number of phenols is 1. The van der Waals surface area contributed by atoms with Crippen molar-refractivity contribution in [1.82, 2.24) is 15.5 Å². The fourth-order valence-electron chi connectivity index (χ4n) is 3.97. The molecule has 1 saturated carbocycles. The van der Waals surface area contributed by atoms with Gasteiger partial charge >= 0.3 is 12.1 Å². The third-order valence-corrected chi connectivity index (χ3v) is 5.84. The third-order valence-electron chi connectivity index (χ3n) is 5.84. The number of nitrogens with one attached hydrogen (secondary N) is 2. The fourth-order valence-corrected chi connectivity index (χ4v) is 3.97. The number of methoxy groups -OCH3 is 1. The van der Waals surface area contributed by atoms with Crippen LogP contribution in [0.25, 0.3) is 0 Å². The number of alkyl carbamates (subject to hydrolysis) is 1. The van der Waals surface area contributed by atoms with Crippen molar-refractivity contribution in [2.24, 2.45) is 0 Å². The number of hydrogen-bond donors (Lipinski definition) is 3. The molecule has 0 radical (unpaired) electrons. The van der Waals surface area contributed by atoms with Crippen LogP contribution >= 0.6 is 0 Å². The first-order valence-electron chi connectivity index (χ1n) is 12.5. The van der Waals surface area contributed by atoms with Gasteiger partial charge in [-0.15, -0.1) is 0 Å². The second kappa shape index (κ2) is 12.4. The standard InChI is InChI=1S/C28H35N3O7/c1-28(2,3)38-27(36)30-22(16-18-10-14-21(32)15-11-18)26(35)31(20-12-13-20)24(19-8-6-5-7-9-19)25(34)29-17-23(33)37-4/h5-11,14-15,20,22,24,32H,12-13,16-17H2,1-4H3,(H,29,34)(H,30,36). The van der Waals surface area contributed by atoms with Crippen LogP contribution in [-0.2, 0) is 30.3 Å². The molecule has 0 heterocycles. The van der Waals surface area contributed by atoms with E-state index in [4.69, 9.17) is 4.74 Å². The SMILES string of the molecule is COC(=O)CNC(=O)C(c1ccccc1)N(C(=O)C(Cc1ccc(O)cc1)NC(=O)OC(C)(C)C)C1CC1. The Hall–Kier alpha value is -4.08. The predicted octanol–water partition coefficient (Wildman–Crippen LogP) is 2.85. The summed E-state index contributed by atoms with van der Waals surface area (Å²) >= 11 is 0. The number of phenolic OH excluding ortho intramolecular Hbond substituents is 1. The summed E-state index contributed by atoms with van der Waals surface area (Å²) in [5, 5.41) is 14.9. The summed E-state index contributed by atoms with van der Waals surface area (Å²) < 4.78 is 10.0. The van der Waals surface area contributed by atoms with Crippen LogP contribution in [0.1, 0.15) is 50.8 Å². The minimum absolute atomic E-state index is 0.0720. The maximum absolute atomic E-state index is 14.1. The normalized spacial score (nSPS) is 14.5. The Morgan fingerprint density at radius 2 is 1.66 bits per heavy atom. The van der Waals surface area contributed by atoms with Crippen LogP contribution in [0.4, 0.5) is 4.79 Å². The smallest absolute Gasteiger partial charge is 0.408 e. The lowest BCUT2D eigenvalue weighted by Gasteiger charge is -2.34. The lowest BCUT2D eigenvalue weighted by molar-refractivity contribution is -0.145. The average Bonchev–Trinajstić information content (AvgIpc) is 3.70. The molecule has 10 heteroatoms. The molecule has 2 unspecified atom stereocenters. The molecule has 1 fully saturated rings. The lowest BCUT2D eigenvalue weighted by Crippen LogP contribution is -2.54. The van der Waals surface area contributed by atoms with Gasteiger partial charge in [-0.3, -0.25) is 14.4 Å². The van der Waals surface area contributed by atoms with E-state index < -0.39 is 41.6 Å². The number of carbonyl (C=O) groups is 4. The van der Waals surface area contributed by atoms with Gasteiger partial charge in [-0.05, 0) is 56.9 Å². The minimum atomic E-state index is -1.06. The highest BCUT2D eigenvalue weighted by Crippen LogP contribution is 2.36. The van der Waals surface area contributed by atoms with Gasteiger partial charge in [0.05, 0.1) is 7.11 Å². The Kier molecular flexibility index (Phi) is 9.33. The van der Waals surface area contributed by atoms with Crippen molar-refractivity contribution in [3.05, 3.63) is 65.7 Å². The number of esters is 1. The zero-order valence-corrected chi connectivity index (χ0v) is 22.1. The summed E-state index contributed by atoms with van der Waals surface area (Å²) in [6.45, 7) is 4.81. The molecule has 3 amide bonds. The molecule has 204 valence electrons. The van der Waals surface area contributed by atoms with Crippen molar-refractivity contribution in [3.63, 3.8) is 0 Å². The molecule has 0 aliphatic heterocycles. The first-order valence-corrected chi connectivity index (χ1v) is 12.5. The number of ether oxygens (including phenoxy) is 2. The molecular weight excluding hydrogens is 490 g/mol. The van der Waals surface area contributed by atoms with Gasteiger partial charge in [0, 0.05) is 12.5 Å². The number of amides is 3. The van der Waals surface area contributed by atoms with Crippen LogP contribution in [0.3, 0.4) is 0 Å². The van der Waals surface area contributed by atoms with Crippen LogP contribution < -0.4 is 10.6 Å². The van der Waals surface area contributed by atoms with Crippen molar-refractivity contribution in [2.75, 3.05) is 13.7 Å². The number of nitrogens with zero attached hydrogens (tertiary/aromatic N) is 1. The monoisotopic (exact) mass is 525 g/mol. The molecule has 0 bridgehead atoms. The zero-order chi connectivity index (χ0) is 27.9. The topological polar surface area (TPSA) is 134 Å². The highest BCUT2D eigenvalue weighted by molar-refractivity contribution is 5.93. The van der Waals surface area contributed by atoms with Gasteiger partial charge in [-0.2, -0.15) is 0 Å². The van der Waals surface area contributed by atoms with E-state index in [0.29, 0.717) is 24.0 Å². The van der Waals surface area contributed by atoms with Crippen molar-refractivity contribution in [3.8, 4) is 5.75 Å². The first kappa shape index (κ1) is 28.5. The Morgan fingerprint density at radius 1 is 1.03 bits per heavy atom. The molecule has 0 saturated heterocycles. The quantitative estimate of drug-likeness (QED) is 0.406. The van der Waals surface area contributed by atoms with Crippen molar-refractivity contribution >= 4 is 23.9 Å². The fraction of sp³-hybridized carbons (Fsp3) is 0.429. The Bertz CT molecular complexity index is 1130. The van der Waals surface area contributed by atoms with E-state index in [1.54, 1.807) is 63.2 Å². The van der Waals surface area contributed by atoms with Crippen molar-refractivity contribution in [1.29, 1.82) is 0 Å². The second-order valence-electron chi connectivity index (χ2n) is 10.2. The van der Waals surface area contributed by atoms with Gasteiger partial charge in [0.15, 0.2) is 0 Å². The maximum atomic E-state index is 14.1. The van der Waals surface area contributed by atoms with Crippen LogP contribution in [-0.4, -0.2) is 65.2 Å². The number of carbonyl (C=O) groups excluding carboxylic acids is 4. The average molecular weight is 526 g/mol. The number of benzene rings is 2. The molecule has 38 heavy (non-hydrogen) atoms. The molecule has 3 rings (SSSR count). The van der Waals surface area contributed by atoms with E-state index >= 15 is 0 Å². The maximum Gasteiger partial charge on any atom is 0.408 e. The molecule has 2 aromatic carbocycles. The Balaban J connectivity index is 1.96. The second-order valence-corrected chi connectivity index (χ2v) is 10.2. The Morgan fingerprint density at radius 3 is 2.21 bits per heavy atom. The van der Waals surface area contributed by atoms with Gasteiger partial charge in [0.2, 0.25) is 11.8 Å².